The van der Waals surface area contributed by atoms with Crippen molar-refractivity contribution in [3.05, 3.63) is 35.9 Å². The average molecular weight is 343 g/mol. The molecule has 110 valence electrons. The predicted octanol–water partition coefficient (Wildman–Crippen LogP) is 0.686. The molecule has 0 aliphatic heterocycles. The fourth-order valence-corrected chi connectivity index (χ4v) is 2.73. The predicted molar refractivity (Wildman–Crippen MR) is 78.7 cm³/mol. The Labute approximate surface area is 125 Å². The van der Waals surface area contributed by atoms with Gasteiger partial charge in [-0.1, -0.05) is 0 Å². The Hall–Kier alpha value is -1.36. The maximum atomic E-state index is 11.9. The zero-order valence-corrected chi connectivity index (χ0v) is 13.1. The molecule has 0 radical (unpaired) electrons. The van der Waals surface area contributed by atoms with Crippen LogP contribution in [0, 0.1) is 0 Å². The van der Waals surface area contributed by atoms with Crippen LogP contribution in [0.3, 0.4) is 0 Å². The summed E-state index contributed by atoms with van der Waals surface area (Å²) in [7, 11) is 0. The summed E-state index contributed by atoms with van der Waals surface area (Å²) in [5.74, 6) is 0.638. The van der Waals surface area contributed by atoms with Crippen LogP contribution in [0.15, 0.2) is 30.3 Å². The van der Waals surface area contributed by atoms with Gasteiger partial charge in [-0.15, -0.1) is 0 Å². The first kappa shape index (κ1) is 16.7. The number of carbonyl (C=O) groups is 2. The molecule has 0 saturated carbocycles. The van der Waals surface area contributed by atoms with E-state index in [9.17, 15) is 14.7 Å². The van der Waals surface area contributed by atoms with Crippen molar-refractivity contribution in [3.8, 4) is 0 Å². The van der Waals surface area contributed by atoms with Crippen LogP contribution in [0.2, 0.25) is 11.1 Å². The van der Waals surface area contributed by atoms with Crippen molar-refractivity contribution in [1.82, 2.24) is 5.32 Å². The molecule has 0 aliphatic carbocycles. The monoisotopic (exact) mass is 344 g/mol. The summed E-state index contributed by atoms with van der Waals surface area (Å²) >= 11 is 0.466. The minimum atomic E-state index is -1.05. The Morgan fingerprint density at radius 1 is 1.35 bits per heavy atom. The van der Waals surface area contributed by atoms with Crippen LogP contribution < -0.4 is 11.1 Å². The molecule has 6 heteroatoms. The molecule has 2 unspecified atom stereocenters. The van der Waals surface area contributed by atoms with Crippen LogP contribution in [-0.4, -0.2) is 44.0 Å². The van der Waals surface area contributed by atoms with Gasteiger partial charge in [-0.05, 0) is 0 Å². The van der Waals surface area contributed by atoms with Crippen molar-refractivity contribution in [2.75, 3.05) is 0 Å². The number of carboxylic acid groups (broad SMARTS) is 1. The van der Waals surface area contributed by atoms with E-state index in [-0.39, 0.29) is 6.42 Å². The Morgan fingerprint density at radius 2 is 2.00 bits per heavy atom. The summed E-state index contributed by atoms with van der Waals surface area (Å²) in [4.78, 5) is 23.1. The van der Waals surface area contributed by atoms with Gasteiger partial charge in [0.25, 0.3) is 0 Å². The third-order valence-electron chi connectivity index (χ3n) is 2.87. The molecule has 20 heavy (non-hydrogen) atoms. The first-order chi connectivity index (χ1) is 9.54. The first-order valence-corrected chi connectivity index (χ1v) is 9.28. The molecular formula is C14H20N2O3Se. The van der Waals surface area contributed by atoms with Crippen LogP contribution in [0.5, 0.6) is 0 Å². The van der Waals surface area contributed by atoms with Crippen LogP contribution in [-0.2, 0) is 16.0 Å². The molecule has 2 atom stereocenters. The second-order valence-corrected chi connectivity index (χ2v) is 6.54. The summed E-state index contributed by atoms with van der Waals surface area (Å²) in [6.45, 7) is 0. The van der Waals surface area contributed by atoms with Crippen LogP contribution >= 0.6 is 0 Å². The number of nitrogens with one attached hydrogen (secondary N) is 1. The second kappa shape index (κ2) is 8.74. The van der Waals surface area contributed by atoms with Gasteiger partial charge in [0.2, 0.25) is 0 Å². The molecule has 0 bridgehead atoms. The van der Waals surface area contributed by atoms with Gasteiger partial charge in [0.05, 0.1) is 0 Å². The molecule has 1 aromatic carbocycles. The van der Waals surface area contributed by atoms with Gasteiger partial charge in [0.1, 0.15) is 0 Å². The Morgan fingerprint density at radius 3 is 2.55 bits per heavy atom. The third-order valence-corrected chi connectivity index (χ3v) is 4.22. The minimum absolute atomic E-state index is 0.256. The van der Waals surface area contributed by atoms with Crippen LogP contribution in [0.1, 0.15) is 12.0 Å². The molecule has 0 spiro atoms. The van der Waals surface area contributed by atoms with Gasteiger partial charge < -0.3 is 0 Å². The van der Waals surface area contributed by atoms with Gasteiger partial charge in [-0.2, -0.15) is 0 Å². The van der Waals surface area contributed by atoms with Gasteiger partial charge in [-0.3, -0.25) is 0 Å². The zero-order chi connectivity index (χ0) is 15.0. The Bertz CT molecular complexity index is 439. The zero-order valence-electron chi connectivity index (χ0n) is 11.4. The summed E-state index contributed by atoms with van der Waals surface area (Å²) in [5, 5.41) is 12.6. The molecule has 4 N–H and O–H groups in total. The van der Waals surface area contributed by atoms with Gasteiger partial charge in [0.15, 0.2) is 0 Å². The molecule has 0 heterocycles. The Balaban J connectivity index is 2.59. The van der Waals surface area contributed by atoms with Crippen molar-refractivity contribution in [3.63, 3.8) is 0 Å². The van der Waals surface area contributed by atoms with E-state index in [0.29, 0.717) is 21.4 Å². The van der Waals surface area contributed by atoms with Crippen molar-refractivity contribution < 1.29 is 14.7 Å². The molecule has 0 aliphatic rings. The van der Waals surface area contributed by atoms with Crippen molar-refractivity contribution in [2.24, 2.45) is 5.73 Å². The van der Waals surface area contributed by atoms with E-state index in [4.69, 9.17) is 5.73 Å². The van der Waals surface area contributed by atoms with Crippen LogP contribution in [0.4, 0.5) is 0 Å². The number of hydrogen-bond donors (Lipinski definition) is 3. The number of aliphatic carboxylic acids is 1. The summed E-state index contributed by atoms with van der Waals surface area (Å²) in [6, 6.07) is 7.64. The second-order valence-electron chi connectivity index (χ2n) is 4.48. The van der Waals surface area contributed by atoms with Gasteiger partial charge in [0, 0.05) is 0 Å². The molecule has 1 aromatic rings. The molecule has 0 saturated heterocycles. The number of hydrogen-bond acceptors (Lipinski definition) is 3. The molecule has 5 nitrogen and oxygen atoms in total. The molecule has 0 fully saturated rings. The number of carbonyl (C=O) groups excluding carboxylic acids is 1. The quantitative estimate of drug-likeness (QED) is 0.606. The third kappa shape index (κ3) is 5.73. The topological polar surface area (TPSA) is 92.4 Å². The van der Waals surface area contributed by atoms with E-state index in [2.05, 4.69) is 11.1 Å². The molecule has 1 rings (SSSR count). The number of nitrogens with two attached hydrogens (primary N) is 1. The number of rotatable bonds is 8. The Kier molecular flexibility index (Phi) is 7.29. The number of carboxylic acids is 1. The fourth-order valence-electron chi connectivity index (χ4n) is 1.70. The van der Waals surface area contributed by atoms with E-state index in [1.807, 2.05) is 30.3 Å². The summed E-state index contributed by atoms with van der Waals surface area (Å²) in [5.41, 5.74) is 6.62. The van der Waals surface area contributed by atoms with E-state index < -0.39 is 24.0 Å². The van der Waals surface area contributed by atoms with Gasteiger partial charge in [-0.25, -0.2) is 0 Å². The average Bonchev–Trinajstić information content (AvgIpc) is 2.44. The van der Waals surface area contributed by atoms with E-state index in [1.54, 1.807) is 0 Å². The fraction of sp³-hybridized carbons (Fsp3) is 0.429. The standard InChI is InChI=1S/C14H20N2O3Se/c1-20-8-7-11(15)13(17)16-12(14(18)19)9-10-5-3-2-4-6-10/h2-6,11-12H,7-9,15H2,1H3,(H,16,17)(H,18,19). The van der Waals surface area contributed by atoms with Crippen molar-refractivity contribution >= 4 is 26.8 Å². The first-order valence-electron chi connectivity index (χ1n) is 6.36. The van der Waals surface area contributed by atoms with Gasteiger partial charge >= 0.3 is 125 Å². The maximum absolute atomic E-state index is 11.9. The molecule has 0 aromatic heterocycles. The molecule has 1 amide bonds. The normalized spacial score (nSPS) is 13.5. The van der Waals surface area contributed by atoms with E-state index in [0.717, 1.165) is 10.9 Å². The van der Waals surface area contributed by atoms with E-state index in [1.165, 1.54) is 0 Å². The number of amides is 1. The van der Waals surface area contributed by atoms with Crippen LogP contribution in [0.25, 0.3) is 0 Å². The van der Waals surface area contributed by atoms with Crippen molar-refractivity contribution in [2.45, 2.75) is 36.1 Å². The summed E-state index contributed by atoms with van der Waals surface area (Å²) < 4.78 is 0. The van der Waals surface area contributed by atoms with Crippen molar-refractivity contribution in [1.29, 1.82) is 0 Å². The van der Waals surface area contributed by atoms with E-state index >= 15 is 0 Å². The summed E-state index contributed by atoms with van der Waals surface area (Å²) in [6.07, 6.45) is 0.854. The molecular weight excluding hydrogens is 323 g/mol. The number of benzene rings is 1. The SMILES string of the molecule is C[Se]CCC(N)C(=O)NC(Cc1ccccc1)C(=O)O.